The van der Waals surface area contributed by atoms with Gasteiger partial charge in [-0.05, 0) is 11.5 Å². The Morgan fingerprint density at radius 2 is 1.12 bits per heavy atom. The number of carbonyl (C=O) groups is 2. The number of cyclic esters (lactones) is 2. The molecule has 0 radical (unpaired) electrons. The summed E-state index contributed by atoms with van der Waals surface area (Å²) in [5.74, 6) is -6.40. The van der Waals surface area contributed by atoms with E-state index in [9.17, 15) is 19.8 Å². The molecule has 2 heterocycles. The van der Waals surface area contributed by atoms with E-state index in [1.165, 1.54) is 0 Å². The molecule has 0 saturated carbocycles. The largest absolute Gasteiger partial charge is 2.00 e. The van der Waals surface area contributed by atoms with Crippen LogP contribution in [0.1, 0.15) is 0 Å². The number of aliphatic hydroxyl groups excluding tert-OH is 6. The first-order chi connectivity index (χ1) is 11.1. The molecule has 0 fully saturated rings. The number of ether oxygens (including phenoxy) is 2. The molecule has 0 spiro atoms. The maximum absolute atomic E-state index is 10.8. The molecule has 4 unspecified atom stereocenters. The Kier molecular flexibility index (Phi) is 11.2. The maximum Gasteiger partial charge on any atom is 2.00 e. The van der Waals surface area contributed by atoms with E-state index in [0.717, 1.165) is 0 Å². The molecular weight excluding hydrogens is 376 g/mol. The van der Waals surface area contributed by atoms with Gasteiger partial charge in [0.2, 0.25) is 0 Å². The molecular formula is C12H16MgO13. The van der Waals surface area contributed by atoms with Crippen LogP contribution in [0.3, 0.4) is 0 Å². The zero-order valence-electron chi connectivity index (χ0n) is 13.1. The molecule has 0 aromatic carbocycles. The van der Waals surface area contributed by atoms with Gasteiger partial charge in [0, 0.05) is 0 Å². The van der Waals surface area contributed by atoms with Crippen molar-refractivity contribution in [1.29, 1.82) is 0 Å². The van der Waals surface area contributed by atoms with Crippen molar-refractivity contribution in [3.63, 3.8) is 0 Å². The van der Waals surface area contributed by atoms with Crippen LogP contribution in [0, 0.1) is 0 Å². The van der Waals surface area contributed by atoms with Crippen molar-refractivity contribution in [3.8, 4) is 0 Å². The van der Waals surface area contributed by atoms with Gasteiger partial charge in [-0.3, -0.25) is 0 Å². The van der Waals surface area contributed by atoms with Crippen molar-refractivity contribution < 1.29 is 65.4 Å². The fourth-order valence-corrected chi connectivity index (χ4v) is 1.62. The Bertz CT molecular complexity index is 521. The average molecular weight is 393 g/mol. The van der Waals surface area contributed by atoms with Crippen molar-refractivity contribution in [1.82, 2.24) is 0 Å². The van der Waals surface area contributed by atoms with Crippen LogP contribution in [-0.2, 0) is 19.1 Å². The fourth-order valence-electron chi connectivity index (χ4n) is 1.62. The van der Waals surface area contributed by atoms with Gasteiger partial charge in [0.05, 0.1) is 13.2 Å². The van der Waals surface area contributed by atoms with Crippen molar-refractivity contribution in [2.24, 2.45) is 0 Å². The summed E-state index contributed by atoms with van der Waals surface area (Å²) >= 11 is 0. The number of aliphatic hydroxyl groups is 6. The van der Waals surface area contributed by atoms with Crippen LogP contribution >= 0.6 is 0 Å². The smallest absolute Gasteiger partial charge is 0.870 e. The van der Waals surface area contributed by atoms with E-state index in [0.29, 0.717) is 0 Å². The predicted molar refractivity (Wildman–Crippen MR) is 74.6 cm³/mol. The SMILES string of the molecule is O.O=C1OC(C(O)CO)C([O-])=C1O.O=C1OC(C(O)CO)C([O-])=C1O.[Mg+2]. The summed E-state index contributed by atoms with van der Waals surface area (Å²) in [6.07, 6.45) is -5.90. The molecule has 8 N–H and O–H groups in total. The average Bonchev–Trinajstić information content (AvgIpc) is 2.98. The Hall–Kier alpha value is -1.81. The normalized spacial score (nSPS) is 23.8. The number of esters is 2. The standard InChI is InChI=1S/2C6H8O6.Mg.H2O/c2*7-1-2(8)5-3(9)4(10)6(11)12-5;;/h2*2,5,7-10H,1H2;;1H2/q;;+2;/p-2. The van der Waals surface area contributed by atoms with Crippen LogP contribution in [0.25, 0.3) is 0 Å². The zero-order chi connectivity index (χ0) is 18.6. The summed E-state index contributed by atoms with van der Waals surface area (Å²) in [6.45, 7) is -1.42. The van der Waals surface area contributed by atoms with Gasteiger partial charge in [-0.25, -0.2) is 9.59 Å². The first kappa shape index (κ1) is 26.4. The van der Waals surface area contributed by atoms with Gasteiger partial charge in [0.1, 0.15) is 24.4 Å². The number of carbonyl (C=O) groups excluding carboxylic acids is 2. The van der Waals surface area contributed by atoms with Crippen molar-refractivity contribution in [2.75, 3.05) is 13.2 Å². The number of hydrogen-bond acceptors (Lipinski definition) is 12. The molecule has 14 heteroatoms. The summed E-state index contributed by atoms with van der Waals surface area (Å²) in [7, 11) is 0. The van der Waals surface area contributed by atoms with Gasteiger partial charge in [-0.2, -0.15) is 0 Å². The molecule has 2 aliphatic rings. The third kappa shape index (κ3) is 5.60. The molecule has 0 amide bonds. The summed E-state index contributed by atoms with van der Waals surface area (Å²) < 4.78 is 8.51. The molecule has 4 atom stereocenters. The van der Waals surface area contributed by atoms with Gasteiger partial charge < -0.3 is 55.8 Å². The molecule has 0 bridgehead atoms. The van der Waals surface area contributed by atoms with E-state index in [2.05, 4.69) is 9.47 Å². The van der Waals surface area contributed by atoms with Crippen molar-refractivity contribution in [3.05, 3.63) is 23.0 Å². The quantitative estimate of drug-likeness (QED) is 0.193. The molecule has 144 valence electrons. The van der Waals surface area contributed by atoms with E-state index in [1.54, 1.807) is 0 Å². The molecule has 0 aromatic rings. The topological polar surface area (TPSA) is 252 Å². The van der Waals surface area contributed by atoms with E-state index in [-0.39, 0.29) is 28.5 Å². The molecule has 2 rings (SSSR count). The van der Waals surface area contributed by atoms with Crippen LogP contribution in [0.2, 0.25) is 0 Å². The van der Waals surface area contributed by atoms with E-state index in [1.807, 2.05) is 0 Å². The fraction of sp³-hybridized carbons (Fsp3) is 0.500. The van der Waals surface area contributed by atoms with Crippen LogP contribution in [0.5, 0.6) is 0 Å². The van der Waals surface area contributed by atoms with Crippen LogP contribution in [0.4, 0.5) is 0 Å². The van der Waals surface area contributed by atoms with Gasteiger partial charge in [-0.1, -0.05) is 0 Å². The third-order valence-corrected chi connectivity index (χ3v) is 2.91. The third-order valence-electron chi connectivity index (χ3n) is 2.91. The number of hydrogen-bond donors (Lipinski definition) is 6. The minimum atomic E-state index is -1.48. The second-order valence-electron chi connectivity index (χ2n) is 4.58. The van der Waals surface area contributed by atoms with E-state index in [4.69, 9.17) is 30.6 Å². The van der Waals surface area contributed by atoms with Crippen LogP contribution in [-0.4, -0.2) is 109 Å². The van der Waals surface area contributed by atoms with E-state index >= 15 is 0 Å². The molecule has 13 nitrogen and oxygen atoms in total. The predicted octanol–water partition coefficient (Wildman–Crippen LogP) is -6.42. The first-order valence-corrected chi connectivity index (χ1v) is 6.35. The minimum absolute atomic E-state index is 0. The van der Waals surface area contributed by atoms with Gasteiger partial charge in [0.15, 0.2) is 11.5 Å². The van der Waals surface area contributed by atoms with Gasteiger partial charge >= 0.3 is 35.0 Å². The van der Waals surface area contributed by atoms with Crippen molar-refractivity contribution in [2.45, 2.75) is 24.4 Å². The van der Waals surface area contributed by atoms with Gasteiger partial charge in [0.25, 0.3) is 0 Å². The maximum atomic E-state index is 10.8. The Morgan fingerprint density at radius 3 is 1.27 bits per heavy atom. The first-order valence-electron chi connectivity index (χ1n) is 6.35. The Morgan fingerprint density at radius 1 is 0.846 bits per heavy atom. The second-order valence-corrected chi connectivity index (χ2v) is 4.58. The molecule has 0 aromatic heterocycles. The van der Waals surface area contributed by atoms with Crippen molar-refractivity contribution >= 4 is 35.0 Å². The number of rotatable bonds is 4. The monoisotopic (exact) mass is 392 g/mol. The van der Waals surface area contributed by atoms with Gasteiger partial charge in [-0.15, -0.1) is 0 Å². The molecule has 2 aliphatic heterocycles. The zero-order valence-corrected chi connectivity index (χ0v) is 14.5. The Balaban J connectivity index is 0. The van der Waals surface area contributed by atoms with Crippen LogP contribution in [0.15, 0.2) is 23.0 Å². The molecule has 0 aliphatic carbocycles. The van der Waals surface area contributed by atoms with E-state index < -0.39 is 72.6 Å². The molecule has 26 heavy (non-hydrogen) atoms. The van der Waals surface area contributed by atoms with Crippen LogP contribution < -0.4 is 10.2 Å². The summed E-state index contributed by atoms with van der Waals surface area (Å²) in [6, 6.07) is 0. The molecule has 0 saturated heterocycles. The summed E-state index contributed by atoms with van der Waals surface area (Å²) in [5.41, 5.74) is 0. The summed E-state index contributed by atoms with van der Waals surface area (Å²) in [4.78, 5) is 21.0. The summed E-state index contributed by atoms with van der Waals surface area (Å²) in [5, 5.41) is 73.6. The minimum Gasteiger partial charge on any atom is -0.870 e. The second kappa shape index (κ2) is 11.0. The Labute approximate surface area is 161 Å².